The van der Waals surface area contributed by atoms with Crippen molar-refractivity contribution in [3.63, 3.8) is 0 Å². The standard InChI is InChI=1S/C14H21ClN2O/c1-4-13(5-2)17(9-8-15)14(18)12-7-6-11(3)16-10-12/h6-7,10,13H,4-5,8-9H2,1-3H3. The molecule has 1 aromatic rings. The number of carbonyl (C=O) groups excluding carboxylic acids is 1. The smallest absolute Gasteiger partial charge is 0.255 e. The molecule has 0 aliphatic rings. The molecule has 0 bridgehead atoms. The first kappa shape index (κ1) is 15.0. The van der Waals surface area contributed by atoms with E-state index < -0.39 is 0 Å². The van der Waals surface area contributed by atoms with Gasteiger partial charge in [-0.1, -0.05) is 13.8 Å². The lowest BCUT2D eigenvalue weighted by atomic mass is 10.1. The summed E-state index contributed by atoms with van der Waals surface area (Å²) in [6.45, 7) is 6.68. The lowest BCUT2D eigenvalue weighted by molar-refractivity contribution is 0.0681. The van der Waals surface area contributed by atoms with Crippen molar-refractivity contribution in [2.45, 2.75) is 39.7 Å². The molecule has 0 atom stereocenters. The summed E-state index contributed by atoms with van der Waals surface area (Å²) in [5, 5.41) is 0. The fourth-order valence-electron chi connectivity index (χ4n) is 2.03. The van der Waals surface area contributed by atoms with Gasteiger partial charge >= 0.3 is 0 Å². The van der Waals surface area contributed by atoms with E-state index in [0.29, 0.717) is 18.0 Å². The number of aryl methyl sites for hydroxylation is 1. The van der Waals surface area contributed by atoms with E-state index in [1.807, 2.05) is 24.0 Å². The highest BCUT2D eigenvalue weighted by Gasteiger charge is 2.21. The maximum absolute atomic E-state index is 12.4. The Kier molecular flexibility index (Phi) is 6.13. The molecule has 1 amide bonds. The van der Waals surface area contributed by atoms with Gasteiger partial charge in [-0.25, -0.2) is 0 Å². The van der Waals surface area contributed by atoms with E-state index in [1.54, 1.807) is 6.20 Å². The first-order valence-corrected chi connectivity index (χ1v) is 6.97. The molecule has 0 aliphatic carbocycles. The largest absolute Gasteiger partial charge is 0.334 e. The van der Waals surface area contributed by atoms with Gasteiger partial charge in [-0.2, -0.15) is 0 Å². The van der Waals surface area contributed by atoms with E-state index in [0.717, 1.165) is 18.5 Å². The molecule has 0 fully saturated rings. The molecule has 3 nitrogen and oxygen atoms in total. The summed E-state index contributed by atoms with van der Waals surface area (Å²) in [5.74, 6) is 0.485. The molecule has 18 heavy (non-hydrogen) atoms. The van der Waals surface area contributed by atoms with Gasteiger partial charge in [0.1, 0.15) is 0 Å². The highest BCUT2D eigenvalue weighted by molar-refractivity contribution is 6.18. The van der Waals surface area contributed by atoms with Gasteiger partial charge < -0.3 is 4.90 Å². The molecule has 0 saturated heterocycles. The minimum Gasteiger partial charge on any atom is -0.334 e. The number of halogens is 1. The third kappa shape index (κ3) is 3.70. The van der Waals surface area contributed by atoms with Crippen LogP contribution in [0.25, 0.3) is 0 Å². The summed E-state index contributed by atoms with van der Waals surface area (Å²) in [5.41, 5.74) is 1.55. The zero-order valence-electron chi connectivity index (χ0n) is 11.3. The maximum Gasteiger partial charge on any atom is 0.255 e. The second-order valence-corrected chi connectivity index (χ2v) is 4.72. The van der Waals surface area contributed by atoms with Crippen molar-refractivity contribution >= 4 is 17.5 Å². The SMILES string of the molecule is CCC(CC)N(CCCl)C(=O)c1ccc(C)nc1. The van der Waals surface area contributed by atoms with Crippen LogP contribution < -0.4 is 0 Å². The highest BCUT2D eigenvalue weighted by Crippen LogP contribution is 2.13. The van der Waals surface area contributed by atoms with E-state index in [-0.39, 0.29) is 11.9 Å². The van der Waals surface area contributed by atoms with Crippen LogP contribution in [0.1, 0.15) is 42.7 Å². The predicted octanol–water partition coefficient (Wildman–Crippen LogP) is 3.26. The second-order valence-electron chi connectivity index (χ2n) is 4.35. The summed E-state index contributed by atoms with van der Waals surface area (Å²) in [4.78, 5) is 18.5. The number of carbonyl (C=O) groups is 1. The number of pyridine rings is 1. The third-order valence-electron chi connectivity index (χ3n) is 3.13. The van der Waals surface area contributed by atoms with E-state index in [9.17, 15) is 4.79 Å². The van der Waals surface area contributed by atoms with Crippen LogP contribution in [0.5, 0.6) is 0 Å². The molecule has 1 aromatic heterocycles. The maximum atomic E-state index is 12.4. The highest BCUT2D eigenvalue weighted by atomic mass is 35.5. The zero-order valence-corrected chi connectivity index (χ0v) is 12.1. The fourth-order valence-corrected chi connectivity index (χ4v) is 2.21. The molecule has 0 N–H and O–H groups in total. The first-order valence-electron chi connectivity index (χ1n) is 6.43. The van der Waals surface area contributed by atoms with Gasteiger partial charge in [0.25, 0.3) is 5.91 Å². The van der Waals surface area contributed by atoms with E-state index in [2.05, 4.69) is 18.8 Å². The van der Waals surface area contributed by atoms with Crippen molar-refractivity contribution in [2.24, 2.45) is 0 Å². The Bertz CT molecular complexity index is 374. The molecule has 4 heteroatoms. The number of nitrogens with zero attached hydrogens (tertiary/aromatic N) is 2. The monoisotopic (exact) mass is 268 g/mol. The van der Waals surface area contributed by atoms with Gasteiger partial charge in [0.2, 0.25) is 0 Å². The Morgan fingerprint density at radius 1 is 1.39 bits per heavy atom. The van der Waals surface area contributed by atoms with Gasteiger partial charge in [-0.3, -0.25) is 9.78 Å². The summed E-state index contributed by atoms with van der Waals surface area (Å²) >= 11 is 5.80. The number of rotatable bonds is 6. The summed E-state index contributed by atoms with van der Waals surface area (Å²) in [6, 6.07) is 3.94. The van der Waals surface area contributed by atoms with Crippen LogP contribution in [0.2, 0.25) is 0 Å². The molecule has 100 valence electrons. The lowest BCUT2D eigenvalue weighted by Gasteiger charge is -2.30. The van der Waals surface area contributed by atoms with Gasteiger partial charge in [0.15, 0.2) is 0 Å². The van der Waals surface area contributed by atoms with Gasteiger partial charge in [-0.05, 0) is 31.9 Å². The Morgan fingerprint density at radius 2 is 2.06 bits per heavy atom. The van der Waals surface area contributed by atoms with Crippen molar-refractivity contribution in [2.75, 3.05) is 12.4 Å². The average molecular weight is 269 g/mol. The van der Waals surface area contributed by atoms with Crippen LogP contribution in [0.3, 0.4) is 0 Å². The summed E-state index contributed by atoms with van der Waals surface area (Å²) < 4.78 is 0. The summed E-state index contributed by atoms with van der Waals surface area (Å²) in [6.07, 6.45) is 3.53. The molecular formula is C14H21ClN2O. The number of alkyl halides is 1. The minimum absolute atomic E-state index is 0.0249. The molecule has 0 aromatic carbocycles. The van der Waals surface area contributed by atoms with Crippen LogP contribution in [0.4, 0.5) is 0 Å². The second kappa shape index (κ2) is 7.37. The molecule has 0 aliphatic heterocycles. The van der Waals surface area contributed by atoms with Crippen molar-refractivity contribution < 1.29 is 4.79 Å². The van der Waals surface area contributed by atoms with Gasteiger partial charge in [0, 0.05) is 30.4 Å². The molecule has 0 spiro atoms. The molecule has 0 radical (unpaired) electrons. The topological polar surface area (TPSA) is 33.2 Å². The quantitative estimate of drug-likeness (QED) is 0.742. The Labute approximate surface area is 114 Å². The first-order chi connectivity index (χ1) is 8.63. The minimum atomic E-state index is 0.0249. The van der Waals surface area contributed by atoms with Crippen LogP contribution >= 0.6 is 11.6 Å². The van der Waals surface area contributed by atoms with Crippen molar-refractivity contribution in [1.82, 2.24) is 9.88 Å². The van der Waals surface area contributed by atoms with Crippen LogP contribution in [-0.4, -0.2) is 34.3 Å². The predicted molar refractivity (Wildman–Crippen MR) is 75.1 cm³/mol. The van der Waals surface area contributed by atoms with Crippen LogP contribution in [0, 0.1) is 6.92 Å². The van der Waals surface area contributed by atoms with Crippen molar-refractivity contribution in [1.29, 1.82) is 0 Å². The number of hydrogen-bond acceptors (Lipinski definition) is 2. The van der Waals surface area contributed by atoms with Crippen LogP contribution in [0.15, 0.2) is 18.3 Å². The fraction of sp³-hybridized carbons (Fsp3) is 0.571. The molecular weight excluding hydrogens is 248 g/mol. The molecule has 1 rings (SSSR count). The zero-order chi connectivity index (χ0) is 13.5. The summed E-state index contributed by atoms with van der Waals surface area (Å²) in [7, 11) is 0. The molecule has 1 heterocycles. The van der Waals surface area contributed by atoms with Crippen LogP contribution in [-0.2, 0) is 0 Å². The van der Waals surface area contributed by atoms with E-state index in [4.69, 9.17) is 11.6 Å². The molecule has 0 unspecified atom stereocenters. The van der Waals surface area contributed by atoms with Gasteiger partial charge in [0.05, 0.1) is 5.56 Å². The normalized spacial score (nSPS) is 10.7. The Balaban J connectivity index is 2.91. The number of hydrogen-bond donors (Lipinski definition) is 0. The van der Waals surface area contributed by atoms with E-state index in [1.165, 1.54) is 0 Å². The Hall–Kier alpha value is -1.09. The molecule has 0 saturated carbocycles. The lowest BCUT2D eigenvalue weighted by Crippen LogP contribution is -2.41. The van der Waals surface area contributed by atoms with Crippen molar-refractivity contribution in [3.05, 3.63) is 29.6 Å². The number of aromatic nitrogens is 1. The van der Waals surface area contributed by atoms with Crippen molar-refractivity contribution in [3.8, 4) is 0 Å². The third-order valence-corrected chi connectivity index (χ3v) is 3.30. The van der Waals surface area contributed by atoms with Gasteiger partial charge in [-0.15, -0.1) is 11.6 Å². The Morgan fingerprint density at radius 3 is 2.50 bits per heavy atom. The average Bonchev–Trinajstić information content (AvgIpc) is 2.39. The van der Waals surface area contributed by atoms with E-state index >= 15 is 0 Å². The number of amides is 1.